The van der Waals surface area contributed by atoms with Gasteiger partial charge in [0, 0.05) is 27.7 Å². The molecular formula is C18H13ClN4OS2. The van der Waals surface area contributed by atoms with E-state index in [9.17, 15) is 4.79 Å². The molecule has 0 saturated carbocycles. The van der Waals surface area contributed by atoms with Gasteiger partial charge in [-0.25, -0.2) is 0 Å². The van der Waals surface area contributed by atoms with Crippen LogP contribution in [0.1, 0.15) is 10.5 Å². The molecule has 1 aromatic carbocycles. The second kappa shape index (κ2) is 7.03. The van der Waals surface area contributed by atoms with Crippen LogP contribution in [0.5, 0.6) is 0 Å². The van der Waals surface area contributed by atoms with Crippen molar-refractivity contribution in [1.82, 2.24) is 15.5 Å². The van der Waals surface area contributed by atoms with Gasteiger partial charge in [0.15, 0.2) is 11.5 Å². The SMILES string of the molecule is CNC(=O)c1nnc(Nc2ccsc2)c2cc(-c3ccc(Cl)cc3)sc12. The van der Waals surface area contributed by atoms with Gasteiger partial charge in [-0.3, -0.25) is 4.79 Å². The summed E-state index contributed by atoms with van der Waals surface area (Å²) in [5.41, 5.74) is 2.29. The van der Waals surface area contributed by atoms with Crippen LogP contribution in [0.4, 0.5) is 11.5 Å². The Morgan fingerprint density at radius 2 is 1.96 bits per heavy atom. The average molecular weight is 401 g/mol. The highest BCUT2D eigenvalue weighted by Crippen LogP contribution is 2.38. The van der Waals surface area contributed by atoms with Gasteiger partial charge in [0.25, 0.3) is 5.91 Å². The fourth-order valence-corrected chi connectivity index (χ4v) is 4.39. The van der Waals surface area contributed by atoms with Gasteiger partial charge in [0.1, 0.15) is 0 Å². The number of thiophene rings is 2. The lowest BCUT2D eigenvalue weighted by Crippen LogP contribution is -2.20. The summed E-state index contributed by atoms with van der Waals surface area (Å²) in [7, 11) is 1.58. The molecule has 26 heavy (non-hydrogen) atoms. The van der Waals surface area contributed by atoms with E-state index in [1.807, 2.05) is 47.2 Å². The lowest BCUT2D eigenvalue weighted by atomic mass is 10.1. The van der Waals surface area contributed by atoms with Crippen LogP contribution in [-0.2, 0) is 0 Å². The number of rotatable bonds is 4. The van der Waals surface area contributed by atoms with Gasteiger partial charge in [-0.05, 0) is 35.2 Å². The quantitative estimate of drug-likeness (QED) is 0.495. The third kappa shape index (κ3) is 3.16. The molecule has 8 heteroatoms. The zero-order valence-corrected chi connectivity index (χ0v) is 16.0. The number of fused-ring (bicyclic) bond motifs is 1. The monoisotopic (exact) mass is 400 g/mol. The number of hydrogen-bond acceptors (Lipinski definition) is 6. The summed E-state index contributed by atoms with van der Waals surface area (Å²) in [6.45, 7) is 0. The van der Waals surface area contributed by atoms with E-state index < -0.39 is 0 Å². The van der Waals surface area contributed by atoms with Crippen LogP contribution in [0.25, 0.3) is 20.5 Å². The number of amides is 1. The second-order valence-corrected chi connectivity index (χ2v) is 7.74. The van der Waals surface area contributed by atoms with Gasteiger partial charge in [-0.15, -0.1) is 21.5 Å². The summed E-state index contributed by atoms with van der Waals surface area (Å²) in [5, 5.41) is 19.8. The summed E-state index contributed by atoms with van der Waals surface area (Å²) >= 11 is 9.09. The van der Waals surface area contributed by atoms with Crippen LogP contribution in [0.15, 0.2) is 47.2 Å². The Balaban J connectivity index is 1.88. The number of benzene rings is 1. The number of aromatic nitrogens is 2. The molecule has 0 saturated heterocycles. The Morgan fingerprint density at radius 3 is 2.65 bits per heavy atom. The number of carbonyl (C=O) groups is 1. The largest absolute Gasteiger partial charge is 0.354 e. The van der Waals surface area contributed by atoms with E-state index in [4.69, 9.17) is 11.6 Å². The predicted octanol–water partition coefficient (Wildman–Crippen LogP) is 5.18. The predicted molar refractivity (Wildman–Crippen MR) is 109 cm³/mol. The molecule has 1 amide bonds. The van der Waals surface area contributed by atoms with E-state index in [0.717, 1.165) is 26.2 Å². The summed E-state index contributed by atoms with van der Waals surface area (Å²) < 4.78 is 0.794. The van der Waals surface area contributed by atoms with Crippen molar-refractivity contribution in [1.29, 1.82) is 0 Å². The molecule has 3 aromatic heterocycles. The molecule has 0 spiro atoms. The highest BCUT2D eigenvalue weighted by Gasteiger charge is 2.18. The van der Waals surface area contributed by atoms with Crippen molar-refractivity contribution >= 4 is 61.8 Å². The molecule has 0 fully saturated rings. The maximum atomic E-state index is 12.2. The minimum atomic E-state index is -0.255. The summed E-state index contributed by atoms with van der Waals surface area (Å²) in [5.74, 6) is 0.372. The number of carbonyl (C=O) groups excluding carboxylic acids is 1. The lowest BCUT2D eigenvalue weighted by Gasteiger charge is -2.06. The average Bonchev–Trinajstić information content (AvgIpc) is 3.32. The van der Waals surface area contributed by atoms with Gasteiger partial charge in [-0.2, -0.15) is 11.3 Å². The molecule has 0 aliphatic carbocycles. The van der Waals surface area contributed by atoms with E-state index in [1.54, 1.807) is 18.4 Å². The lowest BCUT2D eigenvalue weighted by molar-refractivity contribution is 0.0959. The summed E-state index contributed by atoms with van der Waals surface area (Å²) in [4.78, 5) is 13.2. The van der Waals surface area contributed by atoms with Gasteiger partial charge in [0.05, 0.1) is 10.4 Å². The van der Waals surface area contributed by atoms with Crippen molar-refractivity contribution in [3.63, 3.8) is 0 Å². The minimum absolute atomic E-state index is 0.255. The van der Waals surface area contributed by atoms with Crippen LogP contribution in [0.3, 0.4) is 0 Å². The number of hydrogen-bond donors (Lipinski definition) is 2. The highest BCUT2D eigenvalue weighted by molar-refractivity contribution is 7.22. The molecule has 0 bridgehead atoms. The first kappa shape index (κ1) is 17.0. The van der Waals surface area contributed by atoms with Crippen molar-refractivity contribution in [2.75, 3.05) is 12.4 Å². The number of anilines is 2. The Kier molecular flexibility index (Phi) is 4.58. The first-order valence-corrected chi connectivity index (χ1v) is 9.87. The number of halogens is 1. The number of nitrogens with one attached hydrogen (secondary N) is 2. The zero-order valence-electron chi connectivity index (χ0n) is 13.6. The molecule has 0 aliphatic heterocycles. The zero-order chi connectivity index (χ0) is 18.1. The first-order chi connectivity index (χ1) is 12.7. The third-order valence-electron chi connectivity index (χ3n) is 3.81. The normalized spacial score (nSPS) is 10.8. The standard InChI is InChI=1S/C18H13ClN4OS2/c1-20-18(24)15-16-13(17(23-22-15)21-12-6-7-25-9-12)8-14(26-16)10-2-4-11(19)5-3-10/h2-9H,1H3,(H,20,24)(H,21,23). The van der Waals surface area contributed by atoms with Crippen molar-refractivity contribution in [3.05, 3.63) is 57.9 Å². The van der Waals surface area contributed by atoms with Crippen LogP contribution in [0.2, 0.25) is 5.02 Å². The van der Waals surface area contributed by atoms with Crippen molar-refractivity contribution in [2.45, 2.75) is 0 Å². The molecule has 2 N–H and O–H groups in total. The molecular weight excluding hydrogens is 388 g/mol. The van der Waals surface area contributed by atoms with Gasteiger partial charge < -0.3 is 10.6 Å². The van der Waals surface area contributed by atoms with Crippen molar-refractivity contribution in [3.8, 4) is 10.4 Å². The van der Waals surface area contributed by atoms with E-state index in [0.29, 0.717) is 16.5 Å². The van der Waals surface area contributed by atoms with Gasteiger partial charge in [-0.1, -0.05) is 23.7 Å². The molecule has 3 heterocycles. The molecule has 5 nitrogen and oxygen atoms in total. The topological polar surface area (TPSA) is 66.9 Å². The van der Waals surface area contributed by atoms with Crippen LogP contribution < -0.4 is 10.6 Å². The van der Waals surface area contributed by atoms with Crippen LogP contribution >= 0.6 is 34.3 Å². The van der Waals surface area contributed by atoms with Gasteiger partial charge in [0.2, 0.25) is 0 Å². The Labute approximate surface area is 162 Å². The Hall–Kier alpha value is -2.48. The van der Waals surface area contributed by atoms with Crippen molar-refractivity contribution in [2.24, 2.45) is 0 Å². The van der Waals surface area contributed by atoms with E-state index in [2.05, 4.69) is 20.8 Å². The summed E-state index contributed by atoms with van der Waals surface area (Å²) in [6.07, 6.45) is 0. The van der Waals surface area contributed by atoms with Crippen molar-refractivity contribution < 1.29 is 4.79 Å². The Bertz CT molecular complexity index is 1070. The smallest absolute Gasteiger partial charge is 0.273 e. The highest BCUT2D eigenvalue weighted by atomic mass is 35.5. The van der Waals surface area contributed by atoms with Crippen LogP contribution in [-0.4, -0.2) is 23.2 Å². The number of nitrogens with zero attached hydrogens (tertiary/aromatic N) is 2. The second-order valence-electron chi connectivity index (χ2n) is 5.47. The van der Waals surface area contributed by atoms with E-state index in [1.165, 1.54) is 11.3 Å². The maximum Gasteiger partial charge on any atom is 0.273 e. The molecule has 4 aromatic rings. The Morgan fingerprint density at radius 1 is 1.15 bits per heavy atom. The molecule has 0 aliphatic rings. The van der Waals surface area contributed by atoms with Gasteiger partial charge >= 0.3 is 0 Å². The fraction of sp³-hybridized carbons (Fsp3) is 0.0556. The first-order valence-electron chi connectivity index (χ1n) is 7.73. The molecule has 0 atom stereocenters. The third-order valence-corrected chi connectivity index (χ3v) is 5.93. The van der Waals surface area contributed by atoms with E-state index in [-0.39, 0.29) is 5.91 Å². The molecule has 0 radical (unpaired) electrons. The molecule has 0 unspecified atom stereocenters. The maximum absolute atomic E-state index is 12.2. The van der Waals surface area contributed by atoms with E-state index >= 15 is 0 Å². The summed E-state index contributed by atoms with van der Waals surface area (Å²) in [6, 6.07) is 11.6. The molecule has 130 valence electrons. The molecule has 4 rings (SSSR count). The minimum Gasteiger partial charge on any atom is -0.354 e. The fourth-order valence-electron chi connectivity index (χ4n) is 2.53. The van der Waals surface area contributed by atoms with Crippen LogP contribution in [0, 0.1) is 0 Å².